The maximum absolute atomic E-state index is 11.9. The fourth-order valence-corrected chi connectivity index (χ4v) is 3.21. The predicted octanol–water partition coefficient (Wildman–Crippen LogP) is 1.89. The van der Waals surface area contributed by atoms with Gasteiger partial charge in [-0.25, -0.2) is 0 Å². The molecule has 0 radical (unpaired) electrons. The molecule has 0 spiro atoms. The van der Waals surface area contributed by atoms with Crippen LogP contribution in [-0.4, -0.2) is 34.9 Å². The molecular weight excluding hydrogens is 182 g/mol. The minimum absolute atomic E-state index is 0.283. The summed E-state index contributed by atoms with van der Waals surface area (Å²) in [5.74, 6) is 1.56. The molecule has 0 N–H and O–H groups in total. The maximum Gasteiger partial charge on any atom is 0.235 e. The maximum atomic E-state index is 11.9. The highest BCUT2D eigenvalue weighted by molar-refractivity contribution is 8.00. The Kier molecular flexibility index (Phi) is 2.82. The number of hydrogen-bond donors (Lipinski definition) is 0. The topological polar surface area (TPSA) is 20.3 Å². The van der Waals surface area contributed by atoms with Crippen molar-refractivity contribution in [3.8, 4) is 0 Å². The van der Waals surface area contributed by atoms with Crippen molar-refractivity contribution < 1.29 is 4.79 Å². The standard InChI is InChI=1S/C10H17NOS/c1-11(8-4-2-5-8)10(12)9-6-3-7-13-9/h8-9H,2-7H2,1H3. The second-order valence-corrected chi connectivity index (χ2v) is 5.35. The molecule has 1 aliphatic heterocycles. The number of thioether (sulfide) groups is 1. The highest BCUT2D eigenvalue weighted by Crippen LogP contribution is 2.30. The van der Waals surface area contributed by atoms with Gasteiger partial charge in [0.05, 0.1) is 5.25 Å². The molecule has 1 amide bonds. The largest absolute Gasteiger partial charge is 0.342 e. The monoisotopic (exact) mass is 199 g/mol. The van der Waals surface area contributed by atoms with Crippen LogP contribution in [0.15, 0.2) is 0 Å². The normalized spacial score (nSPS) is 28.5. The summed E-state index contributed by atoms with van der Waals surface area (Å²) in [6.45, 7) is 0. The Hall–Kier alpha value is -0.180. The number of carbonyl (C=O) groups excluding carboxylic acids is 1. The van der Waals surface area contributed by atoms with Crippen molar-refractivity contribution in [3.63, 3.8) is 0 Å². The van der Waals surface area contributed by atoms with Crippen molar-refractivity contribution in [2.45, 2.75) is 43.4 Å². The lowest BCUT2D eigenvalue weighted by Crippen LogP contribution is -2.44. The van der Waals surface area contributed by atoms with Crippen LogP contribution in [-0.2, 0) is 4.79 Å². The Balaban J connectivity index is 1.87. The van der Waals surface area contributed by atoms with Crippen LogP contribution in [0.1, 0.15) is 32.1 Å². The van der Waals surface area contributed by atoms with Gasteiger partial charge in [-0.2, -0.15) is 0 Å². The minimum Gasteiger partial charge on any atom is -0.342 e. The summed E-state index contributed by atoms with van der Waals surface area (Å²) in [5.41, 5.74) is 0. The summed E-state index contributed by atoms with van der Waals surface area (Å²) in [4.78, 5) is 13.9. The SMILES string of the molecule is CN(C(=O)C1CCCS1)C1CCC1. The first-order chi connectivity index (χ1) is 6.29. The molecule has 0 aromatic carbocycles. The van der Waals surface area contributed by atoms with E-state index in [0.717, 1.165) is 6.42 Å². The molecule has 2 rings (SSSR count). The molecule has 2 aliphatic rings. The van der Waals surface area contributed by atoms with E-state index < -0.39 is 0 Å². The van der Waals surface area contributed by atoms with E-state index >= 15 is 0 Å². The van der Waals surface area contributed by atoms with Gasteiger partial charge in [-0.15, -0.1) is 11.8 Å². The molecule has 0 aromatic heterocycles. The first kappa shape index (κ1) is 9.38. The van der Waals surface area contributed by atoms with Crippen molar-refractivity contribution in [2.24, 2.45) is 0 Å². The molecule has 1 saturated carbocycles. The fourth-order valence-electron chi connectivity index (χ4n) is 1.95. The zero-order valence-corrected chi connectivity index (χ0v) is 8.98. The average molecular weight is 199 g/mol. The van der Waals surface area contributed by atoms with Gasteiger partial charge in [-0.3, -0.25) is 4.79 Å². The van der Waals surface area contributed by atoms with Gasteiger partial charge in [-0.1, -0.05) is 0 Å². The third kappa shape index (κ3) is 1.85. The number of carbonyl (C=O) groups is 1. The molecular formula is C10H17NOS. The molecule has 1 unspecified atom stereocenters. The molecule has 1 heterocycles. The number of hydrogen-bond acceptors (Lipinski definition) is 2. The van der Waals surface area contributed by atoms with Gasteiger partial charge in [0, 0.05) is 13.1 Å². The molecule has 2 fully saturated rings. The molecule has 1 atom stereocenters. The second-order valence-electron chi connectivity index (χ2n) is 4.04. The Morgan fingerprint density at radius 3 is 2.54 bits per heavy atom. The number of amides is 1. The lowest BCUT2D eigenvalue weighted by molar-refractivity contribution is -0.132. The lowest BCUT2D eigenvalue weighted by atomic mass is 9.91. The summed E-state index contributed by atoms with van der Waals surface area (Å²) in [7, 11) is 1.98. The van der Waals surface area contributed by atoms with E-state index in [1.807, 2.05) is 23.7 Å². The highest BCUT2D eigenvalue weighted by Gasteiger charge is 2.31. The van der Waals surface area contributed by atoms with E-state index in [0.29, 0.717) is 11.9 Å². The van der Waals surface area contributed by atoms with Crippen molar-refractivity contribution >= 4 is 17.7 Å². The van der Waals surface area contributed by atoms with Gasteiger partial charge in [-0.05, 0) is 37.9 Å². The fraction of sp³-hybridized carbons (Fsp3) is 0.900. The van der Waals surface area contributed by atoms with Crippen LogP contribution in [0.2, 0.25) is 0 Å². The summed E-state index contributed by atoms with van der Waals surface area (Å²) >= 11 is 1.84. The van der Waals surface area contributed by atoms with Crippen LogP contribution in [0.3, 0.4) is 0 Å². The Labute approximate surface area is 84.1 Å². The Morgan fingerprint density at radius 2 is 2.08 bits per heavy atom. The lowest BCUT2D eigenvalue weighted by Gasteiger charge is -2.36. The van der Waals surface area contributed by atoms with Gasteiger partial charge in [0.2, 0.25) is 5.91 Å². The molecule has 1 aliphatic carbocycles. The number of nitrogens with zero attached hydrogens (tertiary/aromatic N) is 1. The van der Waals surface area contributed by atoms with Crippen LogP contribution in [0.5, 0.6) is 0 Å². The molecule has 0 aromatic rings. The van der Waals surface area contributed by atoms with Gasteiger partial charge in [0.1, 0.15) is 0 Å². The molecule has 3 heteroatoms. The van der Waals surface area contributed by atoms with Crippen molar-refractivity contribution in [3.05, 3.63) is 0 Å². The molecule has 74 valence electrons. The molecule has 13 heavy (non-hydrogen) atoms. The van der Waals surface area contributed by atoms with Crippen molar-refractivity contribution in [2.75, 3.05) is 12.8 Å². The van der Waals surface area contributed by atoms with E-state index in [1.54, 1.807) is 0 Å². The van der Waals surface area contributed by atoms with E-state index in [4.69, 9.17) is 0 Å². The zero-order valence-electron chi connectivity index (χ0n) is 8.16. The summed E-state index contributed by atoms with van der Waals surface area (Å²) < 4.78 is 0. The van der Waals surface area contributed by atoms with Crippen molar-refractivity contribution in [1.29, 1.82) is 0 Å². The predicted molar refractivity (Wildman–Crippen MR) is 55.9 cm³/mol. The van der Waals surface area contributed by atoms with Crippen LogP contribution >= 0.6 is 11.8 Å². The summed E-state index contributed by atoms with van der Waals surface area (Å²) in [5, 5.41) is 0.283. The molecule has 0 bridgehead atoms. The Bertz CT molecular complexity index is 197. The third-order valence-electron chi connectivity index (χ3n) is 3.18. The van der Waals surface area contributed by atoms with Gasteiger partial charge in [0.15, 0.2) is 0 Å². The van der Waals surface area contributed by atoms with E-state index in [2.05, 4.69) is 0 Å². The summed E-state index contributed by atoms with van der Waals surface area (Å²) in [6, 6.07) is 0.564. The van der Waals surface area contributed by atoms with Crippen LogP contribution in [0.4, 0.5) is 0 Å². The third-order valence-corrected chi connectivity index (χ3v) is 4.54. The zero-order chi connectivity index (χ0) is 9.26. The van der Waals surface area contributed by atoms with Gasteiger partial charge < -0.3 is 4.90 Å². The van der Waals surface area contributed by atoms with E-state index in [1.165, 1.54) is 31.4 Å². The average Bonchev–Trinajstić information content (AvgIpc) is 2.51. The smallest absolute Gasteiger partial charge is 0.235 e. The molecule has 1 saturated heterocycles. The van der Waals surface area contributed by atoms with Crippen molar-refractivity contribution in [1.82, 2.24) is 4.90 Å². The quantitative estimate of drug-likeness (QED) is 0.677. The first-order valence-electron chi connectivity index (χ1n) is 5.17. The van der Waals surface area contributed by atoms with Gasteiger partial charge >= 0.3 is 0 Å². The minimum atomic E-state index is 0.283. The first-order valence-corrected chi connectivity index (χ1v) is 6.22. The molecule has 2 nitrogen and oxygen atoms in total. The van der Waals surface area contributed by atoms with E-state index in [-0.39, 0.29) is 5.25 Å². The number of rotatable bonds is 2. The second kappa shape index (κ2) is 3.91. The van der Waals surface area contributed by atoms with E-state index in [9.17, 15) is 4.79 Å². The highest BCUT2D eigenvalue weighted by atomic mass is 32.2. The van der Waals surface area contributed by atoms with Gasteiger partial charge in [0.25, 0.3) is 0 Å². The summed E-state index contributed by atoms with van der Waals surface area (Å²) in [6.07, 6.45) is 6.07. The van der Waals surface area contributed by atoms with Crippen LogP contribution in [0.25, 0.3) is 0 Å². The van der Waals surface area contributed by atoms with Crippen LogP contribution in [0, 0.1) is 0 Å². The van der Waals surface area contributed by atoms with Crippen LogP contribution < -0.4 is 0 Å². The Morgan fingerprint density at radius 1 is 1.31 bits per heavy atom.